The molecular weight excluding hydrogens is 300 g/mol. The van der Waals surface area contributed by atoms with Crippen LogP contribution >= 0.6 is 0 Å². The summed E-state index contributed by atoms with van der Waals surface area (Å²) < 4.78 is 1.72. The third-order valence-electron chi connectivity index (χ3n) is 4.28. The number of hydrogen-bond donors (Lipinski definition) is 1. The Morgan fingerprint density at radius 2 is 1.92 bits per heavy atom. The molecule has 0 spiro atoms. The van der Waals surface area contributed by atoms with Gasteiger partial charge in [-0.15, -0.1) is 0 Å². The first kappa shape index (κ1) is 16.2. The van der Waals surface area contributed by atoms with Crippen molar-refractivity contribution in [2.75, 3.05) is 0 Å². The highest BCUT2D eigenvalue weighted by Crippen LogP contribution is 2.19. The van der Waals surface area contributed by atoms with E-state index in [0.29, 0.717) is 5.56 Å². The maximum Gasteiger partial charge on any atom is 0.255 e. The van der Waals surface area contributed by atoms with Crippen LogP contribution < -0.4 is 5.32 Å². The summed E-state index contributed by atoms with van der Waals surface area (Å²) in [5.74, 6) is -0.123. The van der Waals surface area contributed by atoms with Gasteiger partial charge in [-0.25, -0.2) is 9.50 Å². The van der Waals surface area contributed by atoms with E-state index >= 15 is 0 Å². The Kier molecular flexibility index (Phi) is 4.34. The fourth-order valence-corrected chi connectivity index (χ4v) is 2.84. The summed E-state index contributed by atoms with van der Waals surface area (Å²) in [4.78, 5) is 17.1. The summed E-state index contributed by atoms with van der Waals surface area (Å²) in [5.41, 5.74) is 5.31. The van der Waals surface area contributed by atoms with E-state index in [-0.39, 0.29) is 11.9 Å². The molecule has 0 fully saturated rings. The Morgan fingerprint density at radius 3 is 2.58 bits per heavy atom. The second kappa shape index (κ2) is 6.43. The van der Waals surface area contributed by atoms with E-state index in [0.717, 1.165) is 29.0 Å². The fourth-order valence-electron chi connectivity index (χ4n) is 2.84. The van der Waals surface area contributed by atoms with Gasteiger partial charge in [0.2, 0.25) is 0 Å². The van der Waals surface area contributed by atoms with Crippen LogP contribution in [0.4, 0.5) is 0 Å². The predicted octanol–water partition coefficient (Wildman–Crippen LogP) is 3.54. The third-order valence-corrected chi connectivity index (χ3v) is 4.28. The molecule has 124 valence electrons. The van der Waals surface area contributed by atoms with Crippen LogP contribution in [0, 0.1) is 20.8 Å². The lowest BCUT2D eigenvalue weighted by molar-refractivity contribution is 0.0934. The highest BCUT2D eigenvalue weighted by molar-refractivity contribution is 5.95. The Balaban J connectivity index is 1.88. The molecule has 1 atom stereocenters. The number of amides is 1. The van der Waals surface area contributed by atoms with Crippen LogP contribution in [0.15, 0.2) is 36.5 Å². The smallest absolute Gasteiger partial charge is 0.255 e. The van der Waals surface area contributed by atoms with Crippen molar-refractivity contribution in [2.45, 2.75) is 40.2 Å². The van der Waals surface area contributed by atoms with Crippen molar-refractivity contribution in [3.63, 3.8) is 0 Å². The number of hydrogen-bond acceptors (Lipinski definition) is 3. The van der Waals surface area contributed by atoms with Gasteiger partial charge in [-0.2, -0.15) is 5.10 Å². The summed E-state index contributed by atoms with van der Waals surface area (Å²) in [6.45, 7) is 7.93. The topological polar surface area (TPSA) is 59.3 Å². The zero-order valence-corrected chi connectivity index (χ0v) is 14.5. The summed E-state index contributed by atoms with van der Waals surface area (Å²) in [6, 6.07) is 10.1. The number of rotatable bonds is 4. The number of nitrogens with zero attached hydrogens (tertiary/aromatic N) is 3. The molecule has 1 N–H and O–H groups in total. The van der Waals surface area contributed by atoms with Gasteiger partial charge in [0.05, 0.1) is 23.0 Å². The number of nitrogens with one attached hydrogen (secondary N) is 1. The molecule has 2 aromatic heterocycles. The number of fused-ring (bicyclic) bond motifs is 1. The average Bonchev–Trinajstić information content (AvgIpc) is 2.95. The normalized spacial score (nSPS) is 12.3. The Hall–Kier alpha value is -2.69. The first-order chi connectivity index (χ1) is 11.5. The van der Waals surface area contributed by atoms with Gasteiger partial charge in [0.25, 0.3) is 5.91 Å². The van der Waals surface area contributed by atoms with Gasteiger partial charge >= 0.3 is 0 Å². The molecule has 1 aromatic carbocycles. The van der Waals surface area contributed by atoms with E-state index in [2.05, 4.69) is 53.5 Å². The molecule has 1 unspecified atom stereocenters. The Morgan fingerprint density at radius 1 is 1.21 bits per heavy atom. The minimum Gasteiger partial charge on any atom is -0.345 e. The van der Waals surface area contributed by atoms with Crippen molar-refractivity contribution in [1.29, 1.82) is 0 Å². The van der Waals surface area contributed by atoms with Crippen molar-refractivity contribution in [3.8, 4) is 0 Å². The SMILES string of the molecule is CCC(NC(=O)c1cnc2cc(C)nn2c1C)c1ccc(C)cc1. The van der Waals surface area contributed by atoms with E-state index in [4.69, 9.17) is 0 Å². The van der Waals surface area contributed by atoms with E-state index in [1.807, 2.05) is 19.9 Å². The highest BCUT2D eigenvalue weighted by Gasteiger charge is 2.18. The molecule has 0 aliphatic carbocycles. The van der Waals surface area contributed by atoms with E-state index < -0.39 is 0 Å². The van der Waals surface area contributed by atoms with Crippen LogP contribution in [-0.2, 0) is 0 Å². The number of aryl methyl sites for hydroxylation is 3. The lowest BCUT2D eigenvalue weighted by atomic mass is 10.0. The summed E-state index contributed by atoms with van der Waals surface area (Å²) >= 11 is 0. The zero-order valence-electron chi connectivity index (χ0n) is 14.5. The number of aromatic nitrogens is 3. The van der Waals surface area contributed by atoms with Gasteiger partial charge in [0, 0.05) is 12.3 Å². The molecule has 3 rings (SSSR count). The molecule has 0 saturated carbocycles. The molecule has 5 heteroatoms. The summed E-state index contributed by atoms with van der Waals surface area (Å²) in [6.07, 6.45) is 2.45. The highest BCUT2D eigenvalue weighted by atomic mass is 16.1. The number of carbonyl (C=O) groups is 1. The maximum atomic E-state index is 12.7. The van der Waals surface area contributed by atoms with E-state index in [1.54, 1.807) is 10.7 Å². The summed E-state index contributed by atoms with van der Waals surface area (Å²) in [7, 11) is 0. The van der Waals surface area contributed by atoms with Crippen LogP contribution in [0.1, 0.15) is 52.3 Å². The van der Waals surface area contributed by atoms with Gasteiger partial charge in [-0.05, 0) is 32.8 Å². The zero-order chi connectivity index (χ0) is 17.3. The van der Waals surface area contributed by atoms with E-state index in [9.17, 15) is 4.79 Å². The first-order valence-electron chi connectivity index (χ1n) is 8.19. The largest absolute Gasteiger partial charge is 0.345 e. The quantitative estimate of drug-likeness (QED) is 0.799. The van der Waals surface area contributed by atoms with Gasteiger partial charge in [-0.3, -0.25) is 4.79 Å². The molecule has 0 aliphatic heterocycles. The molecule has 0 aliphatic rings. The van der Waals surface area contributed by atoms with Crippen LogP contribution in [0.2, 0.25) is 0 Å². The van der Waals surface area contributed by atoms with Crippen molar-refractivity contribution in [2.24, 2.45) is 0 Å². The van der Waals surface area contributed by atoms with Crippen LogP contribution in [0.25, 0.3) is 5.65 Å². The van der Waals surface area contributed by atoms with Gasteiger partial charge in [-0.1, -0.05) is 36.8 Å². The van der Waals surface area contributed by atoms with Crippen LogP contribution in [-0.4, -0.2) is 20.5 Å². The van der Waals surface area contributed by atoms with Gasteiger partial charge in [0.1, 0.15) is 0 Å². The molecular formula is C19H22N4O. The van der Waals surface area contributed by atoms with Crippen LogP contribution in [0.3, 0.4) is 0 Å². The van der Waals surface area contributed by atoms with Crippen molar-refractivity contribution in [1.82, 2.24) is 19.9 Å². The minimum atomic E-state index is -0.123. The second-order valence-corrected chi connectivity index (χ2v) is 6.16. The monoisotopic (exact) mass is 322 g/mol. The average molecular weight is 322 g/mol. The predicted molar refractivity (Wildman–Crippen MR) is 94.1 cm³/mol. The third kappa shape index (κ3) is 3.02. The fraction of sp³-hybridized carbons (Fsp3) is 0.316. The molecule has 5 nitrogen and oxygen atoms in total. The molecule has 1 amide bonds. The first-order valence-corrected chi connectivity index (χ1v) is 8.19. The minimum absolute atomic E-state index is 0.0208. The maximum absolute atomic E-state index is 12.7. The van der Waals surface area contributed by atoms with Crippen molar-refractivity contribution < 1.29 is 4.79 Å². The molecule has 2 heterocycles. The molecule has 0 saturated heterocycles. The van der Waals surface area contributed by atoms with Crippen molar-refractivity contribution >= 4 is 11.6 Å². The second-order valence-electron chi connectivity index (χ2n) is 6.16. The lowest BCUT2D eigenvalue weighted by Crippen LogP contribution is -2.29. The summed E-state index contributed by atoms with van der Waals surface area (Å²) in [5, 5.41) is 7.51. The Labute approximate surface area is 141 Å². The molecule has 24 heavy (non-hydrogen) atoms. The van der Waals surface area contributed by atoms with Gasteiger partial charge in [0.15, 0.2) is 5.65 Å². The molecule has 0 bridgehead atoms. The number of carbonyl (C=O) groups excluding carboxylic acids is 1. The Bertz CT molecular complexity index is 880. The standard InChI is InChI=1S/C19H22N4O/c1-5-17(15-8-6-12(2)7-9-15)21-19(24)16-11-20-18-10-13(3)22-23(18)14(16)4/h6-11,17H,5H2,1-4H3,(H,21,24). The lowest BCUT2D eigenvalue weighted by Gasteiger charge is -2.18. The molecule has 0 radical (unpaired) electrons. The number of benzene rings is 1. The van der Waals surface area contributed by atoms with Gasteiger partial charge < -0.3 is 5.32 Å². The van der Waals surface area contributed by atoms with Crippen LogP contribution in [0.5, 0.6) is 0 Å². The van der Waals surface area contributed by atoms with Crippen molar-refractivity contribution in [3.05, 3.63) is 64.6 Å². The molecule has 3 aromatic rings. The van der Waals surface area contributed by atoms with E-state index in [1.165, 1.54) is 5.56 Å².